The van der Waals surface area contributed by atoms with E-state index in [2.05, 4.69) is 4.98 Å². The molecule has 1 unspecified atom stereocenters. The van der Waals surface area contributed by atoms with E-state index in [1.54, 1.807) is 11.9 Å². The second-order valence-corrected chi connectivity index (χ2v) is 5.83. The Kier molecular flexibility index (Phi) is 6.75. The van der Waals surface area contributed by atoms with Crippen molar-refractivity contribution in [2.24, 2.45) is 19.8 Å². The molecule has 0 spiro atoms. The van der Waals surface area contributed by atoms with Gasteiger partial charge in [-0.1, -0.05) is 0 Å². The molecule has 1 amide bonds. The van der Waals surface area contributed by atoms with Crippen molar-refractivity contribution in [2.75, 3.05) is 13.1 Å². The second-order valence-electron chi connectivity index (χ2n) is 5.83. The zero-order chi connectivity index (χ0) is 16.7. The number of fused-ring (bicyclic) bond motifs is 1. The van der Waals surface area contributed by atoms with Crippen LogP contribution in [0, 0.1) is 0 Å². The number of pyridine rings is 1. The van der Waals surface area contributed by atoms with Crippen LogP contribution in [0.4, 0.5) is 0 Å². The number of carbonyl (C=O) groups is 1. The molecule has 2 N–H and O–H groups in total. The van der Waals surface area contributed by atoms with Gasteiger partial charge in [0, 0.05) is 39.4 Å². The van der Waals surface area contributed by atoms with Gasteiger partial charge in [0.25, 0.3) is 11.5 Å². The number of nitrogens with zero attached hydrogens (tertiary/aromatic N) is 4. The van der Waals surface area contributed by atoms with Crippen molar-refractivity contribution in [1.29, 1.82) is 0 Å². The van der Waals surface area contributed by atoms with E-state index in [4.69, 9.17) is 5.73 Å². The molecule has 0 radical (unpaired) electrons. The molecule has 1 atom stereocenters. The molecule has 1 fully saturated rings. The first-order chi connectivity index (χ1) is 11.0. The molecule has 0 aromatic carbocycles. The van der Waals surface area contributed by atoms with Gasteiger partial charge in [-0.25, -0.2) is 9.78 Å². The summed E-state index contributed by atoms with van der Waals surface area (Å²) in [6, 6.07) is 1.54. The normalized spacial score (nSPS) is 16.4. The highest BCUT2D eigenvalue weighted by Gasteiger charge is 2.28. The third-order valence-corrected chi connectivity index (χ3v) is 4.45. The maximum absolute atomic E-state index is 12.7. The minimum absolute atomic E-state index is 0. The zero-order valence-corrected chi connectivity index (χ0v) is 15.6. The van der Waals surface area contributed by atoms with E-state index in [9.17, 15) is 14.4 Å². The standard InChI is InChI=1S/C15H19N5O3.2ClH/c1-18-12-11(14(22)19(2)15(18)23)6-9(8-17-12)13(21)20-5-3-4-10(20)7-16;;/h6,8,10H,3-5,7,16H2,1-2H3;2*1H. The lowest BCUT2D eigenvalue weighted by molar-refractivity contribution is 0.0741. The lowest BCUT2D eigenvalue weighted by atomic mass is 10.1. The summed E-state index contributed by atoms with van der Waals surface area (Å²) in [6.45, 7) is 1.08. The van der Waals surface area contributed by atoms with Gasteiger partial charge in [-0.05, 0) is 18.9 Å². The monoisotopic (exact) mass is 389 g/mol. The summed E-state index contributed by atoms with van der Waals surface area (Å²) in [6.07, 6.45) is 3.22. The number of hydrogen-bond donors (Lipinski definition) is 1. The molecule has 1 saturated heterocycles. The Hall–Kier alpha value is -1.90. The highest BCUT2D eigenvalue weighted by Crippen LogP contribution is 2.20. The predicted molar refractivity (Wildman–Crippen MR) is 99.8 cm³/mol. The smallest absolute Gasteiger partial charge is 0.332 e. The lowest BCUT2D eigenvalue weighted by Crippen LogP contribution is -2.40. The van der Waals surface area contributed by atoms with Crippen LogP contribution in [0.1, 0.15) is 23.2 Å². The van der Waals surface area contributed by atoms with Crippen molar-refractivity contribution in [3.8, 4) is 0 Å². The number of halogens is 2. The molecule has 25 heavy (non-hydrogen) atoms. The quantitative estimate of drug-likeness (QED) is 0.780. The molecule has 0 aliphatic carbocycles. The summed E-state index contributed by atoms with van der Waals surface area (Å²) in [5, 5.41) is 0.254. The van der Waals surface area contributed by atoms with Gasteiger partial charge in [0.15, 0.2) is 0 Å². The van der Waals surface area contributed by atoms with Gasteiger partial charge in [-0.2, -0.15) is 0 Å². The molecule has 10 heteroatoms. The first kappa shape index (κ1) is 21.1. The lowest BCUT2D eigenvalue weighted by Gasteiger charge is -2.23. The number of aromatic nitrogens is 3. The molecule has 1 aliphatic rings. The van der Waals surface area contributed by atoms with E-state index >= 15 is 0 Å². The van der Waals surface area contributed by atoms with Crippen molar-refractivity contribution in [3.05, 3.63) is 38.7 Å². The van der Waals surface area contributed by atoms with Crippen molar-refractivity contribution in [1.82, 2.24) is 19.0 Å². The number of nitrogens with two attached hydrogens (primary N) is 1. The number of hydrogen-bond acceptors (Lipinski definition) is 5. The largest absolute Gasteiger partial charge is 0.334 e. The number of carbonyl (C=O) groups excluding carboxylic acids is 1. The van der Waals surface area contributed by atoms with Crippen LogP contribution < -0.4 is 17.0 Å². The molecule has 138 valence electrons. The topological polar surface area (TPSA) is 103 Å². The van der Waals surface area contributed by atoms with E-state index in [-0.39, 0.29) is 47.8 Å². The molecule has 2 aromatic rings. The summed E-state index contributed by atoms with van der Waals surface area (Å²) in [5.41, 5.74) is 5.42. The van der Waals surface area contributed by atoms with Crippen LogP contribution in [0.5, 0.6) is 0 Å². The Morgan fingerprint density at radius 3 is 2.60 bits per heavy atom. The summed E-state index contributed by atoms with van der Waals surface area (Å²) in [7, 11) is 2.95. The van der Waals surface area contributed by atoms with Crippen LogP contribution in [0.15, 0.2) is 21.9 Å². The number of aryl methyl sites for hydroxylation is 1. The Labute approximate surface area is 156 Å². The molecule has 8 nitrogen and oxygen atoms in total. The van der Waals surface area contributed by atoms with E-state index in [1.807, 2.05) is 0 Å². The van der Waals surface area contributed by atoms with E-state index in [1.165, 1.54) is 23.9 Å². The molecule has 0 saturated carbocycles. The summed E-state index contributed by atoms with van der Waals surface area (Å²) < 4.78 is 2.31. The van der Waals surface area contributed by atoms with Gasteiger partial charge in [0.1, 0.15) is 5.65 Å². The van der Waals surface area contributed by atoms with Gasteiger partial charge in [0.05, 0.1) is 10.9 Å². The molecular weight excluding hydrogens is 369 g/mol. The van der Waals surface area contributed by atoms with Crippen molar-refractivity contribution < 1.29 is 4.79 Å². The minimum atomic E-state index is -0.456. The van der Waals surface area contributed by atoms with Crippen molar-refractivity contribution in [3.63, 3.8) is 0 Å². The number of amides is 1. The van der Waals surface area contributed by atoms with Crippen LogP contribution in [0.3, 0.4) is 0 Å². The van der Waals surface area contributed by atoms with Gasteiger partial charge < -0.3 is 10.6 Å². The SMILES string of the molecule is Cl.Cl.Cn1c(=O)c2cc(C(=O)N3CCCC3CN)cnc2n(C)c1=O. The zero-order valence-electron chi connectivity index (χ0n) is 14.0. The Balaban J connectivity index is 0.00000156. The fourth-order valence-electron chi connectivity index (χ4n) is 3.10. The molecule has 1 aliphatic heterocycles. The van der Waals surface area contributed by atoms with E-state index in [0.29, 0.717) is 18.7 Å². The molecule has 3 rings (SSSR count). The third kappa shape index (κ3) is 3.42. The summed E-state index contributed by atoms with van der Waals surface area (Å²) in [4.78, 5) is 42.7. The Morgan fingerprint density at radius 1 is 1.28 bits per heavy atom. The second kappa shape index (κ2) is 7.99. The Morgan fingerprint density at radius 2 is 1.96 bits per heavy atom. The van der Waals surface area contributed by atoms with Crippen LogP contribution >= 0.6 is 24.8 Å². The summed E-state index contributed by atoms with van der Waals surface area (Å²) in [5.74, 6) is -0.178. The van der Waals surface area contributed by atoms with Crippen LogP contribution in [0.25, 0.3) is 11.0 Å². The average molecular weight is 390 g/mol. The first-order valence-corrected chi connectivity index (χ1v) is 7.52. The van der Waals surface area contributed by atoms with Crippen molar-refractivity contribution >= 4 is 41.8 Å². The fourth-order valence-corrected chi connectivity index (χ4v) is 3.10. The number of rotatable bonds is 2. The minimum Gasteiger partial charge on any atom is -0.334 e. The Bertz CT molecular complexity index is 908. The predicted octanol–water partition coefficient (Wildman–Crippen LogP) is 0.0391. The molecule has 3 heterocycles. The van der Waals surface area contributed by atoms with Gasteiger partial charge >= 0.3 is 5.69 Å². The fraction of sp³-hybridized carbons (Fsp3) is 0.467. The first-order valence-electron chi connectivity index (χ1n) is 7.52. The van der Waals surface area contributed by atoms with Gasteiger partial charge in [-0.15, -0.1) is 24.8 Å². The van der Waals surface area contributed by atoms with E-state index < -0.39 is 11.2 Å². The molecule has 2 aromatic heterocycles. The summed E-state index contributed by atoms with van der Waals surface area (Å²) >= 11 is 0. The number of likely N-dealkylation sites (tertiary alicyclic amines) is 1. The van der Waals surface area contributed by atoms with Gasteiger partial charge in [0.2, 0.25) is 0 Å². The maximum Gasteiger partial charge on any atom is 0.332 e. The molecular formula is C15H21Cl2N5O3. The van der Waals surface area contributed by atoms with Gasteiger partial charge in [-0.3, -0.25) is 18.7 Å². The van der Waals surface area contributed by atoms with Crippen molar-refractivity contribution in [2.45, 2.75) is 18.9 Å². The van der Waals surface area contributed by atoms with Crippen LogP contribution in [0.2, 0.25) is 0 Å². The molecule has 0 bridgehead atoms. The van der Waals surface area contributed by atoms with E-state index in [0.717, 1.165) is 17.4 Å². The maximum atomic E-state index is 12.7. The third-order valence-electron chi connectivity index (χ3n) is 4.45. The average Bonchev–Trinajstić information content (AvgIpc) is 3.05. The highest BCUT2D eigenvalue weighted by atomic mass is 35.5. The highest BCUT2D eigenvalue weighted by molar-refractivity contribution is 5.97. The van der Waals surface area contributed by atoms with Crippen LogP contribution in [-0.4, -0.2) is 44.1 Å². The van der Waals surface area contributed by atoms with Crippen LogP contribution in [-0.2, 0) is 14.1 Å².